The Morgan fingerprint density at radius 3 is 1.46 bits per heavy atom. The molecule has 0 aliphatic carbocycles. The first-order valence-electron chi connectivity index (χ1n) is 18.5. The first kappa shape index (κ1) is 31.9. The summed E-state index contributed by atoms with van der Waals surface area (Å²) in [5.74, 6) is 0. The zero-order valence-corrected chi connectivity index (χ0v) is 30.6. The highest BCUT2D eigenvalue weighted by Gasteiger charge is 2.42. The number of rotatable bonds is 7. The van der Waals surface area contributed by atoms with E-state index >= 15 is 0 Å². The Kier molecular flexibility index (Phi) is 7.89. The van der Waals surface area contributed by atoms with E-state index in [-0.39, 0.29) is 0 Å². The van der Waals surface area contributed by atoms with E-state index in [0.29, 0.717) is 12.6 Å². The number of fused-ring (bicyclic) bond motifs is 5. The van der Waals surface area contributed by atoms with Crippen LogP contribution in [-0.2, 0) is 6.61 Å². The number of imidazole rings is 1. The highest BCUT2D eigenvalue weighted by atomic mass is 28.3. The molecular weight excluding hydrogens is 673 g/mol. The van der Waals surface area contributed by atoms with Crippen molar-refractivity contribution in [2.75, 3.05) is 0 Å². The van der Waals surface area contributed by atoms with Crippen molar-refractivity contribution in [3.05, 3.63) is 212 Å². The van der Waals surface area contributed by atoms with Gasteiger partial charge in [0.15, 0.2) is 8.07 Å². The van der Waals surface area contributed by atoms with Gasteiger partial charge >= 0.3 is 6.01 Å². The van der Waals surface area contributed by atoms with Crippen molar-refractivity contribution >= 4 is 39.9 Å². The molecule has 2 heterocycles. The van der Waals surface area contributed by atoms with Gasteiger partial charge in [0.2, 0.25) is 0 Å². The van der Waals surface area contributed by atoms with Gasteiger partial charge in [-0.05, 0) is 72.3 Å². The molecule has 54 heavy (non-hydrogen) atoms. The first-order chi connectivity index (χ1) is 26.8. The second-order valence-corrected chi connectivity index (χ2v) is 17.8. The number of aromatic nitrogens is 2. The molecule has 1 aromatic heterocycles. The quantitative estimate of drug-likeness (QED) is 0.122. The van der Waals surface area contributed by atoms with E-state index in [1.54, 1.807) is 0 Å². The Bertz CT molecular complexity index is 2690. The van der Waals surface area contributed by atoms with Gasteiger partial charge in [0.1, 0.15) is 6.61 Å². The van der Waals surface area contributed by atoms with Crippen molar-refractivity contribution in [2.24, 2.45) is 0 Å². The molecule has 0 spiro atoms. The van der Waals surface area contributed by atoms with E-state index in [9.17, 15) is 0 Å². The van der Waals surface area contributed by atoms with Crippen LogP contribution in [0.25, 0.3) is 50.1 Å². The van der Waals surface area contributed by atoms with Crippen molar-refractivity contribution in [2.45, 2.75) is 6.61 Å². The van der Waals surface area contributed by atoms with Crippen LogP contribution in [0.3, 0.4) is 0 Å². The summed E-state index contributed by atoms with van der Waals surface area (Å²) in [5, 5.41) is 5.34. The van der Waals surface area contributed by atoms with Crippen LogP contribution in [0.15, 0.2) is 206 Å². The van der Waals surface area contributed by atoms with Crippen LogP contribution in [0.4, 0.5) is 0 Å². The minimum absolute atomic E-state index is 0.525. The van der Waals surface area contributed by atoms with Crippen molar-refractivity contribution in [3.63, 3.8) is 0 Å². The molecule has 9 aromatic rings. The highest BCUT2D eigenvalue weighted by Crippen LogP contribution is 2.34. The Hall–Kier alpha value is -6.75. The minimum atomic E-state index is -2.93. The maximum atomic E-state index is 6.13. The second kappa shape index (κ2) is 13.3. The first-order valence-corrected chi connectivity index (χ1v) is 20.5. The molecular formula is C50H36N2OSi. The molecule has 3 nitrogen and oxygen atoms in total. The van der Waals surface area contributed by atoms with Gasteiger partial charge in [-0.2, -0.15) is 4.98 Å². The molecule has 4 heteroatoms. The number of hydrogen-bond donors (Lipinski definition) is 0. The summed E-state index contributed by atoms with van der Waals surface area (Å²) in [6.45, 7) is 0.525. The average Bonchev–Trinajstić information content (AvgIpc) is 3.64. The minimum Gasteiger partial charge on any atom is -0.459 e. The maximum Gasteiger partial charge on any atom is 0.302 e. The molecule has 0 bridgehead atoms. The molecule has 1 aliphatic rings. The molecule has 0 saturated heterocycles. The lowest BCUT2D eigenvalue weighted by Crippen LogP contribution is -2.74. The molecule has 256 valence electrons. The van der Waals surface area contributed by atoms with Gasteiger partial charge in [-0.15, -0.1) is 0 Å². The highest BCUT2D eigenvalue weighted by molar-refractivity contribution is 7.20. The molecule has 10 rings (SSSR count). The van der Waals surface area contributed by atoms with Crippen LogP contribution < -0.4 is 25.5 Å². The molecule has 8 aromatic carbocycles. The number of nitrogens with zero attached hydrogens (tertiary/aromatic N) is 2. The summed E-state index contributed by atoms with van der Waals surface area (Å²) < 4.78 is 8.27. The SMILES string of the molecule is c1ccc(-c2cccc([Si](c3ccccc3)(c3cccc(-c4ccccc4)c3)c3cccc(-c4ccc5c(c4)nc4n5-c5ccccc5CO4)c3)c2)cc1. The van der Waals surface area contributed by atoms with Crippen LogP contribution in [0.1, 0.15) is 5.56 Å². The predicted octanol–water partition coefficient (Wildman–Crippen LogP) is 9.30. The van der Waals surface area contributed by atoms with E-state index in [1.807, 2.05) is 0 Å². The van der Waals surface area contributed by atoms with Crippen molar-refractivity contribution in [1.82, 2.24) is 9.55 Å². The molecule has 0 fully saturated rings. The van der Waals surface area contributed by atoms with Crippen LogP contribution >= 0.6 is 0 Å². The van der Waals surface area contributed by atoms with E-state index in [2.05, 4.69) is 211 Å². The standard InChI is InChI=1S/C50H36N2OSi/c1-4-15-36(16-5-1)38-20-12-25-44(31-38)54(43-23-8-3-9-24-43,45-26-13-21-39(32-45)37-17-6-2-7-18-37)46-27-14-22-40(33-46)41-29-30-49-47(34-41)51-50-52(49)48-28-11-10-19-42(48)35-53-50/h1-34H,35H2. The van der Waals surface area contributed by atoms with Gasteiger partial charge in [-0.3, -0.25) is 4.57 Å². The molecule has 0 amide bonds. The lowest BCUT2D eigenvalue weighted by molar-refractivity contribution is 0.265. The molecule has 0 N–H and O–H groups in total. The Balaban J connectivity index is 1.20. The van der Waals surface area contributed by atoms with E-state index in [4.69, 9.17) is 9.72 Å². The second-order valence-electron chi connectivity index (χ2n) is 13.9. The normalized spacial score (nSPS) is 12.1. The van der Waals surface area contributed by atoms with Crippen LogP contribution in [0.5, 0.6) is 6.01 Å². The van der Waals surface area contributed by atoms with Gasteiger partial charge in [-0.25, -0.2) is 0 Å². The summed E-state index contributed by atoms with van der Waals surface area (Å²) in [6, 6.07) is 76.1. The molecule has 0 radical (unpaired) electrons. The molecule has 0 unspecified atom stereocenters. The van der Waals surface area contributed by atoms with Crippen LogP contribution in [0.2, 0.25) is 0 Å². The van der Waals surface area contributed by atoms with Crippen molar-refractivity contribution in [3.8, 4) is 45.1 Å². The monoisotopic (exact) mass is 708 g/mol. The fourth-order valence-electron chi connectivity index (χ4n) is 8.31. The van der Waals surface area contributed by atoms with Crippen LogP contribution in [0, 0.1) is 0 Å². The van der Waals surface area contributed by atoms with Crippen molar-refractivity contribution < 1.29 is 4.74 Å². The summed E-state index contributed by atoms with van der Waals surface area (Å²) in [5.41, 5.74) is 11.4. The lowest BCUT2D eigenvalue weighted by Gasteiger charge is -2.35. The molecule has 0 saturated carbocycles. The van der Waals surface area contributed by atoms with E-state index < -0.39 is 8.07 Å². The van der Waals surface area contributed by atoms with Gasteiger partial charge in [0.25, 0.3) is 0 Å². The topological polar surface area (TPSA) is 27.1 Å². The number of para-hydroxylation sites is 1. The third-order valence-corrected chi connectivity index (χ3v) is 15.6. The smallest absolute Gasteiger partial charge is 0.302 e. The van der Waals surface area contributed by atoms with Crippen LogP contribution in [-0.4, -0.2) is 17.6 Å². The van der Waals surface area contributed by atoms with Gasteiger partial charge in [-0.1, -0.05) is 188 Å². The molecule has 0 atom stereocenters. The summed E-state index contributed by atoms with van der Waals surface area (Å²) >= 11 is 0. The average molecular weight is 709 g/mol. The number of ether oxygens (including phenoxy) is 1. The zero-order chi connectivity index (χ0) is 35.9. The Labute approximate surface area is 316 Å². The lowest BCUT2D eigenvalue weighted by atomic mass is 10.1. The van der Waals surface area contributed by atoms with E-state index in [1.165, 1.54) is 43.0 Å². The summed E-state index contributed by atoms with van der Waals surface area (Å²) in [7, 11) is -2.93. The van der Waals surface area contributed by atoms with E-state index in [0.717, 1.165) is 33.4 Å². The van der Waals surface area contributed by atoms with Crippen molar-refractivity contribution in [1.29, 1.82) is 0 Å². The number of benzene rings is 8. The summed E-state index contributed by atoms with van der Waals surface area (Å²) in [6.07, 6.45) is 0. The van der Waals surface area contributed by atoms with Gasteiger partial charge in [0.05, 0.1) is 16.7 Å². The fourth-order valence-corrected chi connectivity index (χ4v) is 13.2. The van der Waals surface area contributed by atoms with Gasteiger partial charge < -0.3 is 4.74 Å². The molecule has 1 aliphatic heterocycles. The Morgan fingerprint density at radius 2 is 0.870 bits per heavy atom. The fraction of sp³-hybridized carbons (Fsp3) is 0.0200. The zero-order valence-electron chi connectivity index (χ0n) is 29.6. The third kappa shape index (κ3) is 5.39. The maximum absolute atomic E-state index is 6.13. The number of hydrogen-bond acceptors (Lipinski definition) is 2. The van der Waals surface area contributed by atoms with Gasteiger partial charge in [0, 0.05) is 5.56 Å². The largest absolute Gasteiger partial charge is 0.459 e. The Morgan fingerprint density at radius 1 is 0.407 bits per heavy atom. The summed E-state index contributed by atoms with van der Waals surface area (Å²) in [4.78, 5) is 4.98. The predicted molar refractivity (Wildman–Crippen MR) is 225 cm³/mol. The third-order valence-electron chi connectivity index (χ3n) is 10.9.